The van der Waals surface area contributed by atoms with E-state index in [0.29, 0.717) is 9.25 Å². The summed E-state index contributed by atoms with van der Waals surface area (Å²) < 4.78 is 2.30. The van der Waals surface area contributed by atoms with Crippen LogP contribution in [-0.2, 0) is 20.6 Å². The van der Waals surface area contributed by atoms with Crippen LogP contribution in [0.25, 0.3) is 10.8 Å². The van der Waals surface area contributed by atoms with E-state index in [9.17, 15) is 29.1 Å². The number of Topliss-reactive ketones (excluding diaryl/α,β-unsaturated/α-hetero) is 1. The summed E-state index contributed by atoms with van der Waals surface area (Å²) in [6, 6.07) is 5.94. The van der Waals surface area contributed by atoms with Crippen LogP contribution in [0.1, 0.15) is 20.8 Å². The molecular weight excluding hydrogens is 370 g/mol. The number of carbonyl (C=O) groups excluding carboxylic acids is 1. The molecule has 28 heavy (non-hydrogen) atoms. The van der Waals surface area contributed by atoms with Crippen LogP contribution in [0, 0.1) is 0 Å². The fourth-order valence-corrected chi connectivity index (χ4v) is 2.84. The summed E-state index contributed by atoms with van der Waals surface area (Å²) in [5.41, 5.74) is 2.51. The fraction of sp³-hybridized carbons (Fsp3) is 0.176. The van der Waals surface area contributed by atoms with Crippen LogP contribution in [0.3, 0.4) is 0 Å². The van der Waals surface area contributed by atoms with Crippen LogP contribution >= 0.6 is 0 Å². The lowest BCUT2D eigenvalue weighted by Crippen LogP contribution is -2.42. The van der Waals surface area contributed by atoms with Gasteiger partial charge in [-0.2, -0.15) is 5.10 Å². The lowest BCUT2D eigenvalue weighted by molar-refractivity contribution is 0.0688. The molecule has 0 aliphatic carbocycles. The molecule has 0 amide bonds. The van der Waals surface area contributed by atoms with E-state index in [0.717, 1.165) is 4.57 Å². The number of ketones is 1. The minimum absolute atomic E-state index is 0.0593. The minimum atomic E-state index is -1.38. The predicted octanol–water partition coefficient (Wildman–Crippen LogP) is -1.04. The van der Waals surface area contributed by atoms with Crippen molar-refractivity contribution in [1.29, 1.82) is 0 Å². The second-order valence-electron chi connectivity index (χ2n) is 6.05. The van der Waals surface area contributed by atoms with Crippen LogP contribution in [0.2, 0.25) is 0 Å². The first kappa shape index (κ1) is 18.8. The normalized spacial score (nSPS) is 10.9. The number of hydrogen-bond donors (Lipinski definition) is 2. The monoisotopic (exact) mass is 385 g/mol. The molecule has 0 spiro atoms. The number of nitrogens with two attached hydrogens (primary N) is 1. The molecule has 2 aromatic heterocycles. The molecule has 144 valence electrons. The third-order valence-electron chi connectivity index (χ3n) is 4.35. The number of benzene rings is 1. The van der Waals surface area contributed by atoms with Crippen molar-refractivity contribution < 1.29 is 14.7 Å². The van der Waals surface area contributed by atoms with Crippen LogP contribution in [0.5, 0.6) is 0 Å². The molecule has 3 N–H and O–H groups in total. The summed E-state index contributed by atoms with van der Waals surface area (Å²) in [4.78, 5) is 61.0. The van der Waals surface area contributed by atoms with E-state index in [-0.39, 0.29) is 16.6 Å². The number of rotatable bonds is 4. The van der Waals surface area contributed by atoms with Crippen molar-refractivity contribution in [2.45, 2.75) is 6.54 Å². The number of carbonyl (C=O) groups is 2. The van der Waals surface area contributed by atoms with Gasteiger partial charge in [-0.1, -0.05) is 18.2 Å². The third kappa shape index (κ3) is 2.78. The average molecular weight is 385 g/mol. The Hall–Kier alpha value is -4.02. The first-order chi connectivity index (χ1) is 13.1. The quantitative estimate of drug-likeness (QED) is 0.539. The van der Waals surface area contributed by atoms with Gasteiger partial charge in [0.2, 0.25) is 0 Å². The van der Waals surface area contributed by atoms with Gasteiger partial charge in [0.05, 0.1) is 5.39 Å². The van der Waals surface area contributed by atoms with Crippen LogP contribution < -0.4 is 22.5 Å². The Bertz CT molecular complexity index is 1330. The van der Waals surface area contributed by atoms with E-state index in [1.807, 2.05) is 0 Å². The maximum absolute atomic E-state index is 12.7. The van der Waals surface area contributed by atoms with Crippen molar-refractivity contribution in [2.75, 3.05) is 5.73 Å². The molecule has 3 aromatic rings. The molecule has 2 heterocycles. The first-order valence-electron chi connectivity index (χ1n) is 7.97. The highest BCUT2D eigenvalue weighted by atomic mass is 16.4. The molecule has 0 saturated carbocycles. The Kier molecular flexibility index (Phi) is 4.43. The summed E-state index contributed by atoms with van der Waals surface area (Å²) in [5.74, 6) is -2.62. The Labute approximate surface area is 155 Å². The van der Waals surface area contributed by atoms with Gasteiger partial charge in [0.25, 0.3) is 11.1 Å². The van der Waals surface area contributed by atoms with Crippen LogP contribution in [-0.4, -0.2) is 35.8 Å². The van der Waals surface area contributed by atoms with Crippen molar-refractivity contribution in [3.05, 3.63) is 66.7 Å². The minimum Gasteiger partial charge on any atom is -0.476 e. The van der Waals surface area contributed by atoms with Crippen molar-refractivity contribution >= 4 is 28.3 Å². The number of aromatic carboxylic acids is 1. The van der Waals surface area contributed by atoms with Gasteiger partial charge >= 0.3 is 11.7 Å². The molecule has 0 radical (unpaired) electrons. The van der Waals surface area contributed by atoms with Gasteiger partial charge in [0.15, 0.2) is 11.5 Å². The molecule has 0 unspecified atom stereocenters. The molecule has 11 heteroatoms. The largest absolute Gasteiger partial charge is 0.476 e. The number of anilines is 1. The third-order valence-corrected chi connectivity index (χ3v) is 4.35. The molecule has 0 atom stereocenters. The van der Waals surface area contributed by atoms with E-state index in [2.05, 4.69) is 5.10 Å². The number of hydrogen-bond acceptors (Lipinski definition) is 7. The highest BCUT2D eigenvalue weighted by molar-refractivity contribution is 6.02. The summed E-state index contributed by atoms with van der Waals surface area (Å²) in [6.07, 6.45) is 0. The zero-order chi connectivity index (χ0) is 20.7. The Morgan fingerprint density at radius 1 is 1.04 bits per heavy atom. The highest BCUT2D eigenvalue weighted by Gasteiger charge is 2.23. The second-order valence-corrected chi connectivity index (χ2v) is 6.05. The van der Waals surface area contributed by atoms with Crippen LogP contribution in [0.15, 0.2) is 38.6 Å². The second kappa shape index (κ2) is 6.61. The summed E-state index contributed by atoms with van der Waals surface area (Å²) in [6.45, 7) is -0.721. The van der Waals surface area contributed by atoms with Gasteiger partial charge in [-0.15, -0.1) is 0 Å². The molecule has 0 bridgehead atoms. The standard InChI is InChI=1S/C17H15N5O6/c1-20-13(18)11(15(25)21(2)17(20)28)10(23)7-22-14(24)9-6-4-3-5-8(9)12(19-22)16(26)27/h3-6H,7,18H2,1-2H3,(H,26,27). The van der Waals surface area contributed by atoms with E-state index in [1.54, 1.807) is 12.1 Å². The van der Waals surface area contributed by atoms with Crippen LogP contribution in [0.4, 0.5) is 5.82 Å². The van der Waals surface area contributed by atoms with Crippen molar-refractivity contribution in [1.82, 2.24) is 18.9 Å². The summed E-state index contributed by atoms with van der Waals surface area (Å²) in [5, 5.41) is 13.3. The SMILES string of the molecule is Cn1c(N)c(C(=O)Cn2nc(C(=O)O)c3ccccc3c2=O)c(=O)n(C)c1=O. The number of fused-ring (bicyclic) bond motifs is 1. The molecule has 1 aromatic carbocycles. The van der Waals surface area contributed by atoms with Gasteiger partial charge < -0.3 is 10.8 Å². The Morgan fingerprint density at radius 2 is 1.64 bits per heavy atom. The number of aromatic nitrogens is 4. The van der Waals surface area contributed by atoms with Gasteiger partial charge in [0.1, 0.15) is 17.9 Å². The van der Waals surface area contributed by atoms with Crippen molar-refractivity contribution in [3.63, 3.8) is 0 Å². The molecule has 0 saturated heterocycles. The zero-order valence-electron chi connectivity index (χ0n) is 14.9. The number of carboxylic acid groups (broad SMARTS) is 1. The molecule has 0 aliphatic rings. The van der Waals surface area contributed by atoms with Gasteiger partial charge in [-0.3, -0.25) is 23.5 Å². The van der Waals surface area contributed by atoms with E-state index in [4.69, 9.17) is 5.73 Å². The number of nitrogens with zero attached hydrogens (tertiary/aromatic N) is 4. The Balaban J connectivity index is 2.20. The number of nitrogen functional groups attached to an aromatic ring is 1. The molecule has 3 rings (SSSR count). The maximum Gasteiger partial charge on any atom is 0.357 e. The van der Waals surface area contributed by atoms with E-state index >= 15 is 0 Å². The van der Waals surface area contributed by atoms with Gasteiger partial charge in [-0.05, 0) is 6.07 Å². The maximum atomic E-state index is 12.7. The van der Waals surface area contributed by atoms with E-state index < -0.39 is 46.4 Å². The Morgan fingerprint density at radius 3 is 2.25 bits per heavy atom. The van der Waals surface area contributed by atoms with E-state index in [1.165, 1.54) is 26.2 Å². The molecule has 0 fully saturated rings. The van der Waals surface area contributed by atoms with Gasteiger partial charge in [-0.25, -0.2) is 14.3 Å². The number of carboxylic acids is 1. The van der Waals surface area contributed by atoms with Crippen molar-refractivity contribution in [2.24, 2.45) is 14.1 Å². The molecule has 0 aliphatic heterocycles. The highest BCUT2D eigenvalue weighted by Crippen LogP contribution is 2.13. The molecular formula is C17H15N5O6. The predicted molar refractivity (Wildman–Crippen MR) is 98.6 cm³/mol. The molecule has 11 nitrogen and oxygen atoms in total. The lowest BCUT2D eigenvalue weighted by Gasteiger charge is -2.12. The first-order valence-corrected chi connectivity index (χ1v) is 7.97. The zero-order valence-corrected chi connectivity index (χ0v) is 14.9. The smallest absolute Gasteiger partial charge is 0.357 e. The summed E-state index contributed by atoms with van der Waals surface area (Å²) in [7, 11) is 2.47. The average Bonchev–Trinajstić information content (AvgIpc) is 2.67. The summed E-state index contributed by atoms with van der Waals surface area (Å²) >= 11 is 0. The van der Waals surface area contributed by atoms with Gasteiger partial charge in [0, 0.05) is 19.5 Å². The van der Waals surface area contributed by atoms with Crippen molar-refractivity contribution in [3.8, 4) is 0 Å². The lowest BCUT2D eigenvalue weighted by atomic mass is 10.1. The topological polar surface area (TPSA) is 159 Å². The fourth-order valence-electron chi connectivity index (χ4n) is 2.84.